The number of carbonyl (C=O) groups is 1. The molecule has 3 rings (SSSR count). The van der Waals surface area contributed by atoms with Gasteiger partial charge >= 0.3 is 6.09 Å². The van der Waals surface area contributed by atoms with E-state index >= 15 is 0 Å². The van der Waals surface area contributed by atoms with Crippen LogP contribution in [0.1, 0.15) is 33.6 Å². The lowest BCUT2D eigenvalue weighted by atomic mass is 10.1. The highest BCUT2D eigenvalue weighted by Crippen LogP contribution is 2.25. The van der Waals surface area contributed by atoms with Crippen molar-refractivity contribution in [1.29, 1.82) is 0 Å². The van der Waals surface area contributed by atoms with Gasteiger partial charge < -0.3 is 15.0 Å². The molecule has 146 valence electrons. The molecule has 1 saturated heterocycles. The number of carbonyl (C=O) groups excluding carboxylic acids is 1. The van der Waals surface area contributed by atoms with Crippen molar-refractivity contribution >= 4 is 34.7 Å². The molecule has 2 heterocycles. The van der Waals surface area contributed by atoms with Crippen molar-refractivity contribution in [2.24, 2.45) is 0 Å². The number of likely N-dealkylation sites (tertiary alicyclic amines) is 1. The number of nitrogens with one attached hydrogen (secondary N) is 1. The molecule has 0 atom stereocenters. The average molecular weight is 393 g/mol. The number of rotatable bonds is 3. The van der Waals surface area contributed by atoms with Crippen molar-refractivity contribution in [1.82, 2.24) is 14.9 Å². The number of halogens is 1. The molecule has 2 aromatic rings. The van der Waals surface area contributed by atoms with Gasteiger partial charge in [0, 0.05) is 41.7 Å². The largest absolute Gasteiger partial charge is 0.444 e. The van der Waals surface area contributed by atoms with Crippen LogP contribution >= 0.6 is 11.8 Å². The fourth-order valence-electron chi connectivity index (χ4n) is 2.97. The molecule has 0 spiro atoms. The first kappa shape index (κ1) is 19.7. The van der Waals surface area contributed by atoms with Gasteiger partial charge in [0.1, 0.15) is 11.4 Å². The standard InChI is InChI=1S/C19H25FN4O2S/c1-19(2,3)26-18(25)24-7-5-13(6-8-24)22-17-21-11-12-9-16(27-4)14(20)10-15(12)23-17/h9-11,13H,5-8H2,1-4H3,(H,21,22,23). The highest BCUT2D eigenvalue weighted by Gasteiger charge is 2.27. The molecule has 1 amide bonds. The van der Waals surface area contributed by atoms with E-state index in [1.54, 1.807) is 17.2 Å². The van der Waals surface area contributed by atoms with Gasteiger partial charge in [-0.25, -0.2) is 19.2 Å². The number of hydrogen-bond acceptors (Lipinski definition) is 6. The molecule has 0 radical (unpaired) electrons. The number of benzene rings is 1. The molecular formula is C19H25FN4O2S. The summed E-state index contributed by atoms with van der Waals surface area (Å²) in [5, 5.41) is 4.11. The van der Waals surface area contributed by atoms with Gasteiger partial charge in [0.15, 0.2) is 0 Å². The summed E-state index contributed by atoms with van der Waals surface area (Å²) in [5.41, 5.74) is 0.0882. The van der Waals surface area contributed by atoms with Gasteiger partial charge in [0.25, 0.3) is 0 Å². The van der Waals surface area contributed by atoms with E-state index < -0.39 is 5.60 Å². The number of amides is 1. The minimum Gasteiger partial charge on any atom is -0.444 e. The van der Waals surface area contributed by atoms with Crippen LogP contribution in [0, 0.1) is 5.82 Å². The first-order chi connectivity index (χ1) is 12.7. The number of nitrogens with zero attached hydrogens (tertiary/aromatic N) is 3. The highest BCUT2D eigenvalue weighted by atomic mass is 32.2. The quantitative estimate of drug-likeness (QED) is 0.786. The van der Waals surface area contributed by atoms with Gasteiger partial charge in [-0.1, -0.05) is 0 Å². The van der Waals surface area contributed by atoms with Crippen molar-refractivity contribution in [3.05, 3.63) is 24.1 Å². The normalized spacial score (nSPS) is 15.8. The number of aromatic nitrogens is 2. The fourth-order valence-corrected chi connectivity index (χ4v) is 3.47. The first-order valence-electron chi connectivity index (χ1n) is 9.00. The molecule has 0 bridgehead atoms. The van der Waals surface area contributed by atoms with Crippen molar-refractivity contribution in [3.8, 4) is 0 Å². The summed E-state index contributed by atoms with van der Waals surface area (Å²) in [5.74, 6) is 0.208. The van der Waals surface area contributed by atoms with Gasteiger partial charge in [-0.15, -0.1) is 11.8 Å². The minimum atomic E-state index is -0.490. The van der Waals surface area contributed by atoms with Crippen molar-refractivity contribution in [3.63, 3.8) is 0 Å². The summed E-state index contributed by atoms with van der Waals surface area (Å²) < 4.78 is 19.4. The number of thioether (sulfide) groups is 1. The zero-order valence-corrected chi connectivity index (χ0v) is 16.9. The number of fused-ring (bicyclic) bond motifs is 1. The predicted molar refractivity (Wildman–Crippen MR) is 106 cm³/mol. The summed E-state index contributed by atoms with van der Waals surface area (Å²) in [6.45, 7) is 6.82. The summed E-state index contributed by atoms with van der Waals surface area (Å²) in [6.07, 6.45) is 4.83. The molecule has 1 aromatic carbocycles. The van der Waals surface area contributed by atoms with Crippen molar-refractivity contribution in [2.45, 2.75) is 50.2 Å². The van der Waals surface area contributed by atoms with Crippen LogP contribution in [0.4, 0.5) is 15.1 Å². The zero-order chi connectivity index (χ0) is 19.6. The molecule has 0 saturated carbocycles. The predicted octanol–water partition coefficient (Wildman–Crippen LogP) is 4.30. The van der Waals surface area contributed by atoms with E-state index in [0.717, 1.165) is 18.2 Å². The number of piperidine rings is 1. The second-order valence-corrected chi connectivity index (χ2v) is 8.47. The highest BCUT2D eigenvalue weighted by molar-refractivity contribution is 7.98. The molecule has 0 unspecified atom stereocenters. The fraction of sp³-hybridized carbons (Fsp3) is 0.526. The monoisotopic (exact) mass is 392 g/mol. The van der Waals surface area contributed by atoms with Gasteiger partial charge in [0.05, 0.1) is 5.52 Å². The van der Waals surface area contributed by atoms with E-state index in [1.807, 2.05) is 27.0 Å². The third-order valence-corrected chi connectivity index (χ3v) is 5.09. The first-order valence-corrected chi connectivity index (χ1v) is 10.2. The van der Waals surface area contributed by atoms with Gasteiger partial charge in [-0.05, 0) is 45.9 Å². The van der Waals surface area contributed by atoms with E-state index in [4.69, 9.17) is 4.74 Å². The molecule has 6 nitrogen and oxygen atoms in total. The molecule has 1 aliphatic rings. The van der Waals surface area contributed by atoms with Crippen LogP contribution in [-0.4, -0.2) is 51.9 Å². The number of ether oxygens (including phenoxy) is 1. The minimum absolute atomic E-state index is 0.163. The van der Waals surface area contributed by atoms with Crippen LogP contribution in [0.25, 0.3) is 10.9 Å². The number of anilines is 1. The van der Waals surface area contributed by atoms with Crippen LogP contribution in [0.15, 0.2) is 23.2 Å². The Bertz CT molecular complexity index is 832. The molecule has 1 fully saturated rings. The van der Waals surface area contributed by atoms with E-state index in [0.29, 0.717) is 29.5 Å². The van der Waals surface area contributed by atoms with Crippen LogP contribution in [-0.2, 0) is 4.74 Å². The zero-order valence-electron chi connectivity index (χ0n) is 16.1. The maximum Gasteiger partial charge on any atom is 0.410 e. The Morgan fingerprint density at radius 1 is 1.33 bits per heavy atom. The van der Waals surface area contributed by atoms with Crippen LogP contribution in [0.2, 0.25) is 0 Å². The van der Waals surface area contributed by atoms with Gasteiger partial charge in [-0.2, -0.15) is 0 Å². The molecule has 27 heavy (non-hydrogen) atoms. The Morgan fingerprint density at radius 3 is 2.67 bits per heavy atom. The van der Waals surface area contributed by atoms with Gasteiger partial charge in [0.2, 0.25) is 5.95 Å². The molecular weight excluding hydrogens is 367 g/mol. The third kappa shape index (κ3) is 5.00. The molecule has 0 aliphatic carbocycles. The molecule has 1 aliphatic heterocycles. The molecule has 1 aromatic heterocycles. The summed E-state index contributed by atoms with van der Waals surface area (Å²) in [7, 11) is 0. The topological polar surface area (TPSA) is 67.4 Å². The van der Waals surface area contributed by atoms with E-state index in [9.17, 15) is 9.18 Å². The van der Waals surface area contributed by atoms with E-state index in [-0.39, 0.29) is 18.0 Å². The van der Waals surface area contributed by atoms with E-state index in [2.05, 4.69) is 15.3 Å². The Labute approximate surface area is 162 Å². The second-order valence-electron chi connectivity index (χ2n) is 7.63. The average Bonchev–Trinajstić information content (AvgIpc) is 2.60. The lowest BCUT2D eigenvalue weighted by Gasteiger charge is -2.33. The lowest BCUT2D eigenvalue weighted by Crippen LogP contribution is -2.44. The van der Waals surface area contributed by atoms with Gasteiger partial charge in [-0.3, -0.25) is 0 Å². The summed E-state index contributed by atoms with van der Waals surface area (Å²) >= 11 is 1.36. The van der Waals surface area contributed by atoms with Crippen molar-refractivity contribution < 1.29 is 13.9 Å². The van der Waals surface area contributed by atoms with Crippen LogP contribution in [0.3, 0.4) is 0 Å². The lowest BCUT2D eigenvalue weighted by molar-refractivity contribution is 0.0210. The Hall–Kier alpha value is -2.09. The Balaban J connectivity index is 1.61. The third-order valence-electron chi connectivity index (χ3n) is 4.33. The maximum atomic E-state index is 14.0. The smallest absolute Gasteiger partial charge is 0.410 e. The molecule has 8 heteroatoms. The summed E-state index contributed by atoms with van der Waals surface area (Å²) in [6, 6.07) is 3.37. The Kier molecular flexibility index (Phi) is 5.74. The number of hydrogen-bond donors (Lipinski definition) is 1. The van der Waals surface area contributed by atoms with Crippen molar-refractivity contribution in [2.75, 3.05) is 24.7 Å². The van der Waals surface area contributed by atoms with Crippen LogP contribution in [0.5, 0.6) is 0 Å². The second kappa shape index (κ2) is 7.88. The SMILES string of the molecule is CSc1cc2cnc(NC3CCN(C(=O)OC(C)(C)C)CC3)nc2cc1F. The Morgan fingerprint density at radius 2 is 2.04 bits per heavy atom. The van der Waals surface area contributed by atoms with E-state index in [1.165, 1.54) is 17.8 Å². The maximum absolute atomic E-state index is 14.0. The van der Waals surface area contributed by atoms with Crippen LogP contribution < -0.4 is 5.32 Å². The summed E-state index contributed by atoms with van der Waals surface area (Å²) in [4.78, 5) is 23.2. The molecule has 1 N–H and O–H groups in total.